The lowest BCUT2D eigenvalue weighted by atomic mass is 10.1. The molecule has 0 unspecified atom stereocenters. The van der Waals surface area contributed by atoms with Crippen molar-refractivity contribution in [2.45, 2.75) is 25.7 Å². The number of hydrogen-bond acceptors (Lipinski definition) is 3. The number of carboxylic acids is 1. The molecular weight excluding hydrogens is 202 g/mol. The second-order valence-electron chi connectivity index (χ2n) is 3.84. The van der Waals surface area contributed by atoms with E-state index in [-0.39, 0.29) is 17.7 Å². The van der Waals surface area contributed by atoms with E-state index in [0.29, 0.717) is 12.2 Å². The van der Waals surface area contributed by atoms with Gasteiger partial charge < -0.3 is 10.8 Å². The summed E-state index contributed by atoms with van der Waals surface area (Å²) in [7, 11) is 0. The molecule has 1 fully saturated rings. The fourth-order valence-corrected chi connectivity index (χ4v) is 2.64. The largest absolute Gasteiger partial charge is 0.481 e. The maximum absolute atomic E-state index is 10.5. The summed E-state index contributed by atoms with van der Waals surface area (Å²) in [4.78, 5) is 20.9. The van der Waals surface area contributed by atoms with E-state index in [4.69, 9.17) is 10.8 Å². The second kappa shape index (κ2) is 4.68. The van der Waals surface area contributed by atoms with Gasteiger partial charge in [0.2, 0.25) is 5.91 Å². The molecule has 14 heavy (non-hydrogen) atoms. The van der Waals surface area contributed by atoms with Crippen LogP contribution in [0.2, 0.25) is 0 Å². The van der Waals surface area contributed by atoms with Gasteiger partial charge in [-0.05, 0) is 24.0 Å². The van der Waals surface area contributed by atoms with Crippen LogP contribution in [0, 0.1) is 5.41 Å². The Morgan fingerprint density at radius 1 is 1.43 bits per heavy atom. The zero-order valence-corrected chi connectivity index (χ0v) is 8.81. The summed E-state index contributed by atoms with van der Waals surface area (Å²) < 4.78 is 0. The third-order valence-electron chi connectivity index (χ3n) is 2.38. The van der Waals surface area contributed by atoms with E-state index >= 15 is 0 Å². The third kappa shape index (κ3) is 4.00. The first kappa shape index (κ1) is 11.4. The topological polar surface area (TPSA) is 80.4 Å². The van der Waals surface area contributed by atoms with Gasteiger partial charge in [-0.1, -0.05) is 0 Å². The molecule has 0 spiro atoms. The van der Waals surface area contributed by atoms with Gasteiger partial charge in [-0.15, -0.1) is 0 Å². The lowest BCUT2D eigenvalue weighted by Gasteiger charge is -2.10. The van der Waals surface area contributed by atoms with E-state index in [2.05, 4.69) is 0 Å². The molecule has 0 atom stereocenters. The summed E-state index contributed by atoms with van der Waals surface area (Å²) in [5, 5.41) is 8.65. The number of carboxylic acid groups (broad SMARTS) is 1. The molecule has 1 rings (SSSR count). The monoisotopic (exact) mass is 217 g/mol. The molecule has 5 heteroatoms. The first-order valence-corrected chi connectivity index (χ1v) is 5.77. The molecule has 0 radical (unpaired) electrons. The maximum Gasteiger partial charge on any atom is 0.303 e. The Morgan fingerprint density at radius 2 is 2.07 bits per heavy atom. The first-order chi connectivity index (χ1) is 6.54. The van der Waals surface area contributed by atoms with Crippen LogP contribution in [0.15, 0.2) is 0 Å². The summed E-state index contributed by atoms with van der Waals surface area (Å²) >= 11 is 1.63. The van der Waals surface area contributed by atoms with Gasteiger partial charge in [-0.3, -0.25) is 9.59 Å². The minimum atomic E-state index is -0.724. The number of hydrogen-bond donors (Lipinski definition) is 2. The van der Waals surface area contributed by atoms with Crippen molar-refractivity contribution in [3.63, 3.8) is 0 Å². The Bertz CT molecular complexity index is 238. The molecule has 80 valence electrons. The van der Waals surface area contributed by atoms with Gasteiger partial charge in [0.1, 0.15) is 0 Å². The molecular formula is C9H15NO3S. The molecule has 1 aliphatic rings. The second-order valence-corrected chi connectivity index (χ2v) is 4.94. The Morgan fingerprint density at radius 3 is 2.50 bits per heavy atom. The van der Waals surface area contributed by atoms with E-state index < -0.39 is 5.97 Å². The minimum Gasteiger partial charge on any atom is -0.481 e. The molecule has 0 heterocycles. The normalized spacial score (nSPS) is 17.7. The molecule has 1 amide bonds. The van der Waals surface area contributed by atoms with E-state index in [1.54, 1.807) is 11.8 Å². The Hall–Kier alpha value is -0.710. The van der Waals surface area contributed by atoms with Gasteiger partial charge in [0, 0.05) is 12.2 Å². The van der Waals surface area contributed by atoms with Crippen LogP contribution >= 0.6 is 11.8 Å². The highest BCUT2D eigenvalue weighted by Gasteiger charge is 2.43. The van der Waals surface area contributed by atoms with E-state index in [0.717, 1.165) is 18.6 Å². The summed E-state index contributed by atoms with van der Waals surface area (Å²) in [6.07, 6.45) is 2.65. The fourth-order valence-electron chi connectivity index (χ4n) is 1.33. The minimum absolute atomic E-state index is 0.0220. The number of nitrogens with two attached hydrogens (primary N) is 1. The number of carbonyl (C=O) groups is 2. The number of aliphatic carboxylic acids is 1. The highest BCUT2D eigenvalue weighted by molar-refractivity contribution is 7.99. The van der Waals surface area contributed by atoms with Crippen LogP contribution in [0.5, 0.6) is 0 Å². The van der Waals surface area contributed by atoms with Crippen molar-refractivity contribution < 1.29 is 14.7 Å². The standard InChI is InChI=1S/C9H15NO3S/c10-7(11)1-4-14-6-9(2-3-9)5-8(12)13/h1-6H2,(H2,10,11)(H,12,13). The van der Waals surface area contributed by atoms with Crippen molar-refractivity contribution in [3.05, 3.63) is 0 Å². The van der Waals surface area contributed by atoms with Crippen LogP contribution in [-0.2, 0) is 9.59 Å². The molecule has 4 nitrogen and oxygen atoms in total. The number of rotatable bonds is 7. The molecule has 0 aromatic carbocycles. The molecule has 1 aliphatic carbocycles. The van der Waals surface area contributed by atoms with E-state index in [9.17, 15) is 9.59 Å². The van der Waals surface area contributed by atoms with Gasteiger partial charge in [-0.2, -0.15) is 11.8 Å². The molecule has 1 saturated carbocycles. The molecule has 0 saturated heterocycles. The summed E-state index contributed by atoms with van der Waals surface area (Å²) in [6.45, 7) is 0. The van der Waals surface area contributed by atoms with Crippen LogP contribution in [0.1, 0.15) is 25.7 Å². The Labute approximate surface area is 87.2 Å². The van der Waals surface area contributed by atoms with E-state index in [1.165, 1.54) is 0 Å². The van der Waals surface area contributed by atoms with Crippen LogP contribution < -0.4 is 5.73 Å². The van der Waals surface area contributed by atoms with Crippen molar-refractivity contribution >= 4 is 23.6 Å². The first-order valence-electron chi connectivity index (χ1n) is 4.62. The third-order valence-corrected chi connectivity index (χ3v) is 3.69. The summed E-state index contributed by atoms with van der Waals surface area (Å²) in [5.41, 5.74) is 5.01. The maximum atomic E-state index is 10.5. The lowest BCUT2D eigenvalue weighted by molar-refractivity contribution is -0.138. The van der Waals surface area contributed by atoms with Crippen molar-refractivity contribution in [3.8, 4) is 0 Å². The quantitative estimate of drug-likeness (QED) is 0.619. The van der Waals surface area contributed by atoms with Crippen LogP contribution in [0.25, 0.3) is 0 Å². The average molecular weight is 217 g/mol. The van der Waals surface area contributed by atoms with Gasteiger partial charge in [-0.25, -0.2) is 0 Å². The highest BCUT2D eigenvalue weighted by Crippen LogP contribution is 2.50. The smallest absolute Gasteiger partial charge is 0.303 e. The van der Waals surface area contributed by atoms with Crippen molar-refractivity contribution in [1.29, 1.82) is 0 Å². The number of amides is 1. The Kier molecular flexibility index (Phi) is 3.80. The summed E-state index contributed by atoms with van der Waals surface area (Å²) in [5.74, 6) is 0.530. The Balaban J connectivity index is 2.11. The molecule has 0 bridgehead atoms. The fraction of sp³-hybridized carbons (Fsp3) is 0.778. The van der Waals surface area contributed by atoms with Crippen molar-refractivity contribution in [2.75, 3.05) is 11.5 Å². The van der Waals surface area contributed by atoms with Crippen molar-refractivity contribution in [1.82, 2.24) is 0 Å². The van der Waals surface area contributed by atoms with Crippen LogP contribution in [-0.4, -0.2) is 28.5 Å². The molecule has 0 aromatic heterocycles. The zero-order chi connectivity index (χ0) is 10.6. The predicted octanol–water partition coefficient (Wildman–Crippen LogP) is 0.850. The number of primary amides is 1. The van der Waals surface area contributed by atoms with Crippen LogP contribution in [0.3, 0.4) is 0 Å². The van der Waals surface area contributed by atoms with Gasteiger partial charge >= 0.3 is 5.97 Å². The summed E-state index contributed by atoms with van der Waals surface area (Å²) in [6, 6.07) is 0. The van der Waals surface area contributed by atoms with Crippen LogP contribution in [0.4, 0.5) is 0 Å². The molecule has 0 aromatic rings. The van der Waals surface area contributed by atoms with Gasteiger partial charge in [0.15, 0.2) is 0 Å². The average Bonchev–Trinajstić information content (AvgIpc) is 2.78. The number of thioether (sulfide) groups is 1. The van der Waals surface area contributed by atoms with Gasteiger partial charge in [0.25, 0.3) is 0 Å². The van der Waals surface area contributed by atoms with E-state index in [1.807, 2.05) is 0 Å². The molecule has 0 aliphatic heterocycles. The zero-order valence-electron chi connectivity index (χ0n) is 7.99. The highest BCUT2D eigenvalue weighted by atomic mass is 32.2. The van der Waals surface area contributed by atoms with Gasteiger partial charge in [0.05, 0.1) is 6.42 Å². The predicted molar refractivity (Wildman–Crippen MR) is 55.1 cm³/mol. The lowest BCUT2D eigenvalue weighted by Crippen LogP contribution is -2.14. The molecule has 3 N–H and O–H groups in total. The SMILES string of the molecule is NC(=O)CCSCC1(CC(=O)O)CC1. The van der Waals surface area contributed by atoms with Crippen molar-refractivity contribution in [2.24, 2.45) is 11.1 Å². The number of carbonyl (C=O) groups excluding carboxylic acids is 1.